The van der Waals surface area contributed by atoms with Gasteiger partial charge in [0.15, 0.2) is 5.75 Å². The Kier molecular flexibility index (Phi) is 7.02. The molecule has 0 aliphatic carbocycles. The minimum Gasteiger partial charge on any atom is -0.486 e. The normalized spacial score (nSPS) is 14.5. The molecule has 2 amide bonds. The number of hydrogen-bond acceptors (Lipinski definition) is 5. The van der Waals surface area contributed by atoms with Crippen molar-refractivity contribution in [2.24, 2.45) is 7.05 Å². The monoisotopic (exact) mass is 440 g/mol. The van der Waals surface area contributed by atoms with Crippen LogP contribution in [0.15, 0.2) is 24.4 Å². The van der Waals surface area contributed by atoms with Crippen LogP contribution < -0.4 is 20.9 Å². The molecule has 0 bridgehead atoms. The molecule has 156 valence electrons. The first-order chi connectivity index (χ1) is 13.9. The third-order valence-corrected chi connectivity index (χ3v) is 5.48. The molecular weight excluding hydrogens is 419 g/mol. The number of ether oxygens (including phenoxy) is 1. The van der Waals surface area contributed by atoms with Gasteiger partial charge in [-0.1, -0.05) is 29.3 Å². The first-order valence-corrected chi connectivity index (χ1v) is 9.88. The number of carbonyl (C=O) groups excluding carboxylic acids is 2. The van der Waals surface area contributed by atoms with Crippen molar-refractivity contribution in [2.75, 3.05) is 13.1 Å². The molecule has 2 heterocycles. The third kappa shape index (κ3) is 5.02. The molecule has 3 rings (SSSR count). The fourth-order valence-electron chi connectivity index (χ4n) is 3.24. The summed E-state index contributed by atoms with van der Waals surface area (Å²) in [5.41, 5.74) is 2.54. The number of nitrogens with one attached hydrogen (secondary N) is 3. The van der Waals surface area contributed by atoms with Crippen LogP contribution in [0.1, 0.15) is 39.3 Å². The largest absolute Gasteiger partial charge is 0.486 e. The Morgan fingerprint density at radius 2 is 1.97 bits per heavy atom. The van der Waals surface area contributed by atoms with Crippen molar-refractivity contribution in [1.82, 2.24) is 20.7 Å². The summed E-state index contributed by atoms with van der Waals surface area (Å²) in [5, 5.41) is 16.1. The fourth-order valence-corrected chi connectivity index (χ4v) is 3.56. The zero-order chi connectivity index (χ0) is 21.0. The Bertz CT molecular complexity index is 910. The molecule has 4 N–H and O–H groups in total. The molecule has 8 nitrogen and oxygen atoms in total. The number of hydroxylamine groups is 1. The maximum Gasteiger partial charge on any atom is 0.279 e. The highest BCUT2D eigenvalue weighted by atomic mass is 35.5. The minimum atomic E-state index is -0.773. The number of aryl methyl sites for hydroxylation is 1. The van der Waals surface area contributed by atoms with Crippen LogP contribution in [-0.2, 0) is 13.7 Å². The lowest BCUT2D eigenvalue weighted by Gasteiger charge is -2.24. The average molecular weight is 441 g/mol. The van der Waals surface area contributed by atoms with E-state index in [0.29, 0.717) is 15.6 Å². The van der Waals surface area contributed by atoms with E-state index in [2.05, 4.69) is 10.6 Å². The van der Waals surface area contributed by atoms with Gasteiger partial charge in [-0.25, -0.2) is 5.48 Å². The van der Waals surface area contributed by atoms with Crippen molar-refractivity contribution < 1.29 is 19.5 Å². The van der Waals surface area contributed by atoms with Gasteiger partial charge in [0.25, 0.3) is 11.8 Å². The van der Waals surface area contributed by atoms with Crippen molar-refractivity contribution >= 4 is 35.0 Å². The van der Waals surface area contributed by atoms with Crippen LogP contribution in [-0.4, -0.2) is 40.7 Å². The smallest absolute Gasteiger partial charge is 0.279 e. The predicted molar refractivity (Wildman–Crippen MR) is 109 cm³/mol. The van der Waals surface area contributed by atoms with Crippen molar-refractivity contribution in [3.05, 3.63) is 51.3 Å². The fraction of sp³-hybridized carbons (Fsp3) is 0.368. The Morgan fingerprint density at radius 3 is 2.62 bits per heavy atom. The van der Waals surface area contributed by atoms with Crippen LogP contribution in [0.4, 0.5) is 0 Å². The van der Waals surface area contributed by atoms with Crippen molar-refractivity contribution in [2.45, 2.75) is 25.5 Å². The molecule has 0 radical (unpaired) electrons. The molecule has 0 spiro atoms. The second-order valence-corrected chi connectivity index (χ2v) is 7.62. The molecule has 1 aliphatic rings. The summed E-state index contributed by atoms with van der Waals surface area (Å²) < 4.78 is 7.34. The van der Waals surface area contributed by atoms with Crippen LogP contribution >= 0.6 is 23.2 Å². The summed E-state index contributed by atoms with van der Waals surface area (Å²) in [6.07, 6.45) is 3.08. The lowest BCUT2D eigenvalue weighted by molar-refractivity contribution is 0.0702. The van der Waals surface area contributed by atoms with E-state index in [9.17, 15) is 9.59 Å². The van der Waals surface area contributed by atoms with E-state index in [4.69, 9.17) is 33.1 Å². The van der Waals surface area contributed by atoms with Crippen LogP contribution in [0.5, 0.6) is 5.75 Å². The Hall–Kier alpha value is -2.26. The molecule has 1 aromatic heterocycles. The molecule has 2 aromatic rings. The molecular formula is C19H22Cl2N4O4. The van der Waals surface area contributed by atoms with Gasteiger partial charge < -0.3 is 19.9 Å². The molecule has 1 fully saturated rings. The van der Waals surface area contributed by atoms with E-state index in [0.717, 1.165) is 25.9 Å². The van der Waals surface area contributed by atoms with Gasteiger partial charge in [0.05, 0.1) is 10.0 Å². The number of aromatic nitrogens is 1. The topological polar surface area (TPSA) is 105 Å². The van der Waals surface area contributed by atoms with E-state index in [1.165, 1.54) is 10.8 Å². The standard InChI is InChI=1S/C19H22Cl2N4O4/c1-25-9-13(18(26)24-28)17(29-10-11-2-3-14(20)15(21)8-11)16(25)19(27)23-12-4-6-22-7-5-12/h2-3,8-9,12,22,28H,4-7,10H2,1H3,(H,23,27)(H,24,26). The van der Waals surface area contributed by atoms with Crippen molar-refractivity contribution in [3.63, 3.8) is 0 Å². The summed E-state index contributed by atoms with van der Waals surface area (Å²) in [6, 6.07) is 5.06. The highest BCUT2D eigenvalue weighted by Crippen LogP contribution is 2.29. The molecule has 0 saturated carbocycles. The quantitative estimate of drug-likeness (QED) is 0.408. The van der Waals surface area contributed by atoms with E-state index in [1.807, 2.05) is 0 Å². The predicted octanol–water partition coefficient (Wildman–Crippen LogP) is 2.51. The number of amides is 2. The summed E-state index contributed by atoms with van der Waals surface area (Å²) in [4.78, 5) is 25.0. The number of hydrogen-bond donors (Lipinski definition) is 4. The van der Waals surface area contributed by atoms with E-state index in [-0.39, 0.29) is 35.6 Å². The van der Waals surface area contributed by atoms with Gasteiger partial charge >= 0.3 is 0 Å². The summed E-state index contributed by atoms with van der Waals surface area (Å²) in [5.74, 6) is -1.04. The SMILES string of the molecule is Cn1cc(C(=O)NO)c(OCc2ccc(Cl)c(Cl)c2)c1C(=O)NC1CCNCC1. The van der Waals surface area contributed by atoms with E-state index >= 15 is 0 Å². The Morgan fingerprint density at radius 1 is 1.24 bits per heavy atom. The van der Waals surface area contributed by atoms with Gasteiger partial charge in [0.1, 0.15) is 17.9 Å². The third-order valence-electron chi connectivity index (χ3n) is 4.74. The van der Waals surface area contributed by atoms with Crippen molar-refractivity contribution in [3.8, 4) is 5.75 Å². The molecule has 1 aromatic carbocycles. The lowest BCUT2D eigenvalue weighted by atomic mass is 10.1. The molecule has 1 aliphatic heterocycles. The van der Waals surface area contributed by atoms with Gasteiger partial charge in [-0.3, -0.25) is 14.8 Å². The van der Waals surface area contributed by atoms with Crippen LogP contribution in [0, 0.1) is 0 Å². The Labute approximate surface area is 178 Å². The zero-order valence-electron chi connectivity index (χ0n) is 15.8. The number of benzene rings is 1. The maximum absolute atomic E-state index is 12.9. The van der Waals surface area contributed by atoms with Gasteiger partial charge in [-0.05, 0) is 43.6 Å². The van der Waals surface area contributed by atoms with Gasteiger partial charge in [-0.2, -0.15) is 0 Å². The summed E-state index contributed by atoms with van der Waals surface area (Å²) >= 11 is 12.0. The molecule has 29 heavy (non-hydrogen) atoms. The molecule has 1 saturated heterocycles. The van der Waals surface area contributed by atoms with Crippen LogP contribution in [0.25, 0.3) is 0 Å². The number of carbonyl (C=O) groups is 2. The van der Waals surface area contributed by atoms with E-state index in [1.54, 1.807) is 30.7 Å². The number of nitrogens with zero attached hydrogens (tertiary/aromatic N) is 1. The number of piperidine rings is 1. The van der Waals surface area contributed by atoms with Gasteiger partial charge in [-0.15, -0.1) is 0 Å². The second-order valence-electron chi connectivity index (χ2n) is 6.81. The first kappa shape index (κ1) is 21.4. The maximum atomic E-state index is 12.9. The van der Waals surface area contributed by atoms with Gasteiger partial charge in [0.2, 0.25) is 0 Å². The highest BCUT2D eigenvalue weighted by molar-refractivity contribution is 6.42. The average Bonchev–Trinajstić information content (AvgIpc) is 3.05. The highest BCUT2D eigenvalue weighted by Gasteiger charge is 2.27. The number of halogens is 2. The zero-order valence-corrected chi connectivity index (χ0v) is 17.3. The van der Waals surface area contributed by atoms with Gasteiger partial charge in [0, 0.05) is 19.3 Å². The molecule has 0 unspecified atom stereocenters. The van der Waals surface area contributed by atoms with Crippen LogP contribution in [0.3, 0.4) is 0 Å². The number of rotatable bonds is 6. The van der Waals surface area contributed by atoms with Crippen LogP contribution in [0.2, 0.25) is 10.0 Å². The minimum absolute atomic E-state index is 0.0386. The second kappa shape index (κ2) is 9.49. The molecule has 10 heteroatoms. The summed E-state index contributed by atoms with van der Waals surface area (Å²) in [6.45, 7) is 1.72. The Balaban J connectivity index is 1.86. The van der Waals surface area contributed by atoms with E-state index < -0.39 is 5.91 Å². The first-order valence-electron chi connectivity index (χ1n) is 9.12. The summed E-state index contributed by atoms with van der Waals surface area (Å²) in [7, 11) is 1.64. The lowest BCUT2D eigenvalue weighted by Crippen LogP contribution is -2.43. The molecule has 0 atom stereocenters. The van der Waals surface area contributed by atoms with Crippen molar-refractivity contribution in [1.29, 1.82) is 0 Å².